The van der Waals surface area contributed by atoms with E-state index in [1.807, 2.05) is 17.9 Å². The Hall–Kier alpha value is -1.68. The number of nitrogens with zero attached hydrogens (tertiary/aromatic N) is 2. The second kappa shape index (κ2) is 6.41. The largest absolute Gasteiger partial charge is 0.393 e. The Balaban J connectivity index is 1.49. The van der Waals surface area contributed by atoms with Crippen LogP contribution in [0.4, 0.5) is 0 Å². The molecule has 0 saturated heterocycles. The summed E-state index contributed by atoms with van der Waals surface area (Å²) in [6.07, 6.45) is 13.3. The predicted molar refractivity (Wildman–Crippen MR) is 114 cm³/mol. The lowest BCUT2D eigenvalue weighted by Crippen LogP contribution is -2.50. The zero-order chi connectivity index (χ0) is 20.6. The molecule has 4 heteroatoms. The van der Waals surface area contributed by atoms with Gasteiger partial charge < -0.3 is 5.11 Å². The number of carbonyl (C=O) groups is 1. The van der Waals surface area contributed by atoms with E-state index in [2.05, 4.69) is 38.0 Å². The van der Waals surface area contributed by atoms with Gasteiger partial charge in [0.25, 0.3) is 0 Å². The third-order valence-corrected chi connectivity index (χ3v) is 9.32. The van der Waals surface area contributed by atoms with Gasteiger partial charge in [-0.3, -0.25) is 9.48 Å². The number of aliphatic hydroxyl groups excluding tert-OH is 1. The van der Waals surface area contributed by atoms with Crippen LogP contribution in [0.3, 0.4) is 0 Å². The number of ketones is 1. The highest BCUT2D eigenvalue weighted by Gasteiger charge is 2.59. The third kappa shape index (κ3) is 2.67. The first-order valence-corrected chi connectivity index (χ1v) is 11.4. The molecule has 29 heavy (non-hydrogen) atoms. The summed E-state index contributed by atoms with van der Waals surface area (Å²) >= 11 is 0. The molecular formula is C25H34N2O2. The molecular weight excluding hydrogens is 360 g/mol. The van der Waals surface area contributed by atoms with Crippen molar-refractivity contribution in [2.75, 3.05) is 0 Å². The maximum Gasteiger partial charge on any atom is 0.165 e. The summed E-state index contributed by atoms with van der Waals surface area (Å²) < 4.78 is 1.88. The standard InChI is InChI=1S/C25H34N2O2/c1-15-17(14-26-27(15)4)11-16-12-22-20-6-5-18-13-19(28)7-9-24(18,2)21(20)8-10-25(22,3)23(16)29/h5,11,14,19-22,28H,6-10,12-13H2,1-4H3/b16-11-. The Morgan fingerprint density at radius 1 is 1.17 bits per heavy atom. The lowest BCUT2D eigenvalue weighted by molar-refractivity contribution is -0.130. The van der Waals surface area contributed by atoms with Crippen LogP contribution in [0, 0.1) is 35.5 Å². The molecule has 3 fully saturated rings. The number of allylic oxidation sites excluding steroid dienone is 2. The fourth-order valence-electron chi connectivity index (χ4n) is 7.29. The number of aromatic nitrogens is 2. The molecule has 1 N–H and O–H groups in total. The van der Waals surface area contributed by atoms with Gasteiger partial charge in [-0.2, -0.15) is 5.10 Å². The molecule has 0 aromatic carbocycles. The van der Waals surface area contributed by atoms with Crippen LogP contribution < -0.4 is 0 Å². The van der Waals surface area contributed by atoms with E-state index in [0.717, 1.165) is 61.8 Å². The van der Waals surface area contributed by atoms with E-state index in [0.29, 0.717) is 23.5 Å². The molecule has 4 aliphatic carbocycles. The summed E-state index contributed by atoms with van der Waals surface area (Å²) in [5.74, 6) is 2.06. The van der Waals surface area contributed by atoms with Crippen molar-refractivity contribution in [3.63, 3.8) is 0 Å². The van der Waals surface area contributed by atoms with Crippen molar-refractivity contribution in [2.45, 2.75) is 71.8 Å². The van der Waals surface area contributed by atoms with Gasteiger partial charge in [0, 0.05) is 23.7 Å². The summed E-state index contributed by atoms with van der Waals surface area (Å²) in [4.78, 5) is 13.5. The molecule has 1 heterocycles. The van der Waals surface area contributed by atoms with Gasteiger partial charge in [0.1, 0.15) is 0 Å². The average Bonchev–Trinajstić information content (AvgIpc) is 3.14. The summed E-state index contributed by atoms with van der Waals surface area (Å²) in [5, 5.41) is 14.5. The first-order chi connectivity index (χ1) is 13.7. The third-order valence-electron chi connectivity index (χ3n) is 9.32. The van der Waals surface area contributed by atoms with Crippen LogP contribution in [0.1, 0.15) is 70.1 Å². The number of rotatable bonds is 1. The minimum atomic E-state index is -0.209. The van der Waals surface area contributed by atoms with Crippen LogP contribution in [0.2, 0.25) is 0 Å². The predicted octanol–water partition coefficient (Wildman–Crippen LogP) is 4.61. The number of Topliss-reactive ketones (excluding diaryl/α,β-unsaturated/α-hetero) is 1. The van der Waals surface area contributed by atoms with E-state index in [1.165, 1.54) is 5.57 Å². The minimum absolute atomic E-state index is 0.162. The molecule has 0 radical (unpaired) electrons. The monoisotopic (exact) mass is 394 g/mol. The molecule has 0 spiro atoms. The van der Waals surface area contributed by atoms with E-state index >= 15 is 0 Å². The van der Waals surface area contributed by atoms with Gasteiger partial charge in [0.15, 0.2) is 5.78 Å². The van der Waals surface area contributed by atoms with Crippen LogP contribution in [0.5, 0.6) is 0 Å². The maximum atomic E-state index is 13.5. The second-order valence-electron chi connectivity index (χ2n) is 10.6. The zero-order valence-electron chi connectivity index (χ0n) is 18.2. The van der Waals surface area contributed by atoms with Crippen molar-refractivity contribution in [2.24, 2.45) is 35.6 Å². The molecule has 3 saturated carbocycles. The van der Waals surface area contributed by atoms with Crippen LogP contribution in [-0.2, 0) is 11.8 Å². The Morgan fingerprint density at radius 3 is 2.66 bits per heavy atom. The first-order valence-electron chi connectivity index (χ1n) is 11.4. The second-order valence-corrected chi connectivity index (χ2v) is 10.6. The van der Waals surface area contributed by atoms with E-state index in [9.17, 15) is 9.90 Å². The maximum absolute atomic E-state index is 13.5. The van der Waals surface area contributed by atoms with Crippen molar-refractivity contribution in [1.29, 1.82) is 0 Å². The fraction of sp³-hybridized carbons (Fsp3) is 0.680. The number of hydrogen-bond acceptors (Lipinski definition) is 3. The van der Waals surface area contributed by atoms with Crippen molar-refractivity contribution >= 4 is 11.9 Å². The van der Waals surface area contributed by atoms with Crippen molar-refractivity contribution in [3.05, 3.63) is 34.7 Å². The summed E-state index contributed by atoms with van der Waals surface area (Å²) in [5.41, 5.74) is 4.70. The number of fused-ring (bicyclic) bond motifs is 5. The highest BCUT2D eigenvalue weighted by molar-refractivity contribution is 6.06. The smallest absolute Gasteiger partial charge is 0.165 e. The summed E-state index contributed by atoms with van der Waals surface area (Å²) in [6, 6.07) is 0. The summed E-state index contributed by atoms with van der Waals surface area (Å²) in [6.45, 7) is 6.74. The number of hydrogen-bond donors (Lipinski definition) is 1. The van der Waals surface area contributed by atoms with Crippen LogP contribution in [0.15, 0.2) is 23.4 Å². The molecule has 4 aliphatic rings. The van der Waals surface area contributed by atoms with Gasteiger partial charge in [-0.15, -0.1) is 0 Å². The van der Waals surface area contributed by atoms with Gasteiger partial charge in [0.05, 0.1) is 12.3 Å². The normalized spacial score (nSPS) is 43.0. The zero-order valence-corrected chi connectivity index (χ0v) is 18.2. The van der Waals surface area contributed by atoms with Crippen molar-refractivity contribution < 1.29 is 9.90 Å². The molecule has 0 aliphatic heterocycles. The van der Waals surface area contributed by atoms with Crippen LogP contribution in [-0.4, -0.2) is 26.8 Å². The molecule has 1 aromatic heterocycles. The summed E-state index contributed by atoms with van der Waals surface area (Å²) in [7, 11) is 1.95. The van der Waals surface area contributed by atoms with Gasteiger partial charge >= 0.3 is 0 Å². The molecule has 6 atom stereocenters. The fourth-order valence-corrected chi connectivity index (χ4v) is 7.29. The number of aryl methyl sites for hydroxylation is 1. The molecule has 1 aromatic rings. The molecule has 0 amide bonds. The van der Waals surface area contributed by atoms with E-state index < -0.39 is 0 Å². The Morgan fingerprint density at radius 2 is 1.93 bits per heavy atom. The molecule has 6 unspecified atom stereocenters. The lowest BCUT2D eigenvalue weighted by atomic mass is 9.48. The SMILES string of the molecule is Cc1c(/C=C2/CC3C4CC=C5CC(O)CCC5(C)C4CCC3(C)C2=O)cnn1C. The lowest BCUT2D eigenvalue weighted by Gasteiger charge is -2.56. The topological polar surface area (TPSA) is 55.1 Å². The number of carbonyl (C=O) groups excluding carboxylic acids is 1. The van der Waals surface area contributed by atoms with Crippen LogP contribution in [0.25, 0.3) is 6.08 Å². The minimum Gasteiger partial charge on any atom is -0.393 e. The van der Waals surface area contributed by atoms with Gasteiger partial charge in [0.2, 0.25) is 0 Å². The first kappa shape index (κ1) is 19.3. The van der Waals surface area contributed by atoms with Crippen LogP contribution >= 0.6 is 0 Å². The van der Waals surface area contributed by atoms with Gasteiger partial charge in [-0.1, -0.05) is 25.5 Å². The molecule has 4 nitrogen and oxygen atoms in total. The van der Waals surface area contributed by atoms with E-state index in [1.54, 1.807) is 0 Å². The van der Waals surface area contributed by atoms with Gasteiger partial charge in [-0.25, -0.2) is 0 Å². The van der Waals surface area contributed by atoms with Gasteiger partial charge in [-0.05, 0) is 86.7 Å². The van der Waals surface area contributed by atoms with E-state index in [4.69, 9.17) is 0 Å². The molecule has 0 bridgehead atoms. The number of aliphatic hydroxyl groups is 1. The van der Waals surface area contributed by atoms with E-state index in [-0.39, 0.29) is 16.9 Å². The Bertz CT molecular complexity index is 925. The Labute approximate surface area is 174 Å². The average molecular weight is 395 g/mol. The Kier molecular flexibility index (Phi) is 4.26. The van der Waals surface area contributed by atoms with Crippen molar-refractivity contribution in [1.82, 2.24) is 9.78 Å². The van der Waals surface area contributed by atoms with Crippen molar-refractivity contribution in [3.8, 4) is 0 Å². The highest BCUT2D eigenvalue weighted by Crippen LogP contribution is 2.64. The molecule has 156 valence electrons. The highest BCUT2D eigenvalue weighted by atomic mass is 16.3. The quantitative estimate of drug-likeness (QED) is 0.559. The molecule has 5 rings (SSSR count).